The molecule has 6 nitrogen and oxygen atoms in total. The maximum absolute atomic E-state index is 13.3. The summed E-state index contributed by atoms with van der Waals surface area (Å²) in [5, 5.41) is 0. The number of hydrogen-bond donors (Lipinski definition) is 0. The van der Waals surface area contributed by atoms with Gasteiger partial charge in [-0.3, -0.25) is 9.59 Å². The van der Waals surface area contributed by atoms with Crippen LogP contribution in [0.2, 0.25) is 0 Å². The maximum Gasteiger partial charge on any atom is 0.253 e. The molecule has 37 heavy (non-hydrogen) atoms. The maximum atomic E-state index is 13.3. The van der Waals surface area contributed by atoms with Crippen LogP contribution in [-0.2, 0) is 4.79 Å². The lowest BCUT2D eigenvalue weighted by molar-refractivity contribution is -0.134. The quantitative estimate of drug-likeness (QED) is 0.530. The standard InChI is InChI=1S/C31H34N4O2/c1-23-5-7-24(8-6-23)25-9-11-26(12-10-25)29(36)34-16-13-31(14-17-34)22-27(31)30(37)35-20-18-33(19-21-35)28-4-2-3-15-32-28/h2-12,15,27H,13-14,16-22H2,1H3/t27-/m0/s1. The van der Waals surface area contributed by atoms with Crippen molar-refractivity contribution >= 4 is 17.6 Å². The summed E-state index contributed by atoms with van der Waals surface area (Å²) in [6.45, 7) is 6.71. The normalized spacial score (nSPS) is 20.7. The van der Waals surface area contributed by atoms with Gasteiger partial charge in [0.25, 0.3) is 5.91 Å². The van der Waals surface area contributed by atoms with Crippen molar-refractivity contribution in [1.82, 2.24) is 14.8 Å². The largest absolute Gasteiger partial charge is 0.353 e. The van der Waals surface area contributed by atoms with Crippen LogP contribution >= 0.6 is 0 Å². The fourth-order valence-corrected chi connectivity index (χ4v) is 6.06. The monoisotopic (exact) mass is 494 g/mol. The summed E-state index contributed by atoms with van der Waals surface area (Å²) in [6.07, 6.45) is 4.63. The molecule has 1 aliphatic carbocycles. The SMILES string of the molecule is Cc1ccc(-c2ccc(C(=O)N3CCC4(CC3)C[C@H]4C(=O)N3CCN(c4ccccn4)CC3)cc2)cc1. The number of hydrogen-bond acceptors (Lipinski definition) is 4. The summed E-state index contributed by atoms with van der Waals surface area (Å²) < 4.78 is 0. The number of aryl methyl sites for hydroxylation is 1. The summed E-state index contributed by atoms with van der Waals surface area (Å²) in [7, 11) is 0. The number of carbonyl (C=O) groups excluding carboxylic acids is 2. The molecule has 2 aromatic carbocycles. The minimum Gasteiger partial charge on any atom is -0.353 e. The van der Waals surface area contributed by atoms with Gasteiger partial charge in [-0.1, -0.05) is 48.0 Å². The first-order valence-electron chi connectivity index (χ1n) is 13.4. The summed E-state index contributed by atoms with van der Waals surface area (Å²) in [5.41, 5.74) is 4.35. The Morgan fingerprint density at radius 3 is 2.05 bits per heavy atom. The molecule has 1 saturated carbocycles. The van der Waals surface area contributed by atoms with Crippen molar-refractivity contribution in [1.29, 1.82) is 0 Å². The number of nitrogens with zero attached hydrogens (tertiary/aromatic N) is 4. The van der Waals surface area contributed by atoms with Crippen LogP contribution in [0, 0.1) is 18.3 Å². The number of aromatic nitrogens is 1. The molecule has 3 aliphatic rings. The topological polar surface area (TPSA) is 56.8 Å². The number of piperazine rings is 1. The third-order valence-corrected chi connectivity index (χ3v) is 8.62. The van der Waals surface area contributed by atoms with Crippen molar-refractivity contribution in [3.63, 3.8) is 0 Å². The van der Waals surface area contributed by atoms with E-state index in [1.807, 2.05) is 58.5 Å². The molecule has 2 saturated heterocycles. The Bertz CT molecular complexity index is 1260. The van der Waals surface area contributed by atoms with E-state index in [2.05, 4.69) is 41.1 Å². The second kappa shape index (κ2) is 9.66. The Hall–Kier alpha value is -3.67. The Balaban J connectivity index is 1.01. The van der Waals surface area contributed by atoms with Gasteiger partial charge in [0.15, 0.2) is 0 Å². The van der Waals surface area contributed by atoms with Crippen LogP contribution in [0.15, 0.2) is 72.9 Å². The number of carbonyl (C=O) groups is 2. The number of likely N-dealkylation sites (tertiary alicyclic amines) is 1. The zero-order valence-corrected chi connectivity index (χ0v) is 21.5. The summed E-state index contributed by atoms with van der Waals surface area (Å²) in [5.74, 6) is 1.52. The number of rotatable bonds is 4. The van der Waals surface area contributed by atoms with Crippen LogP contribution in [0.5, 0.6) is 0 Å². The molecule has 2 amide bonds. The molecule has 2 aliphatic heterocycles. The Kier molecular flexibility index (Phi) is 6.19. The first-order valence-corrected chi connectivity index (χ1v) is 13.4. The number of benzene rings is 2. The molecule has 0 bridgehead atoms. The lowest BCUT2D eigenvalue weighted by atomic mass is 9.90. The van der Waals surface area contributed by atoms with Crippen LogP contribution in [-0.4, -0.2) is 65.9 Å². The molecule has 190 valence electrons. The van der Waals surface area contributed by atoms with Crippen molar-refractivity contribution < 1.29 is 9.59 Å². The van der Waals surface area contributed by atoms with Gasteiger partial charge in [-0.05, 0) is 67.0 Å². The van der Waals surface area contributed by atoms with E-state index < -0.39 is 0 Å². The van der Waals surface area contributed by atoms with Crippen LogP contribution in [0.25, 0.3) is 11.1 Å². The first kappa shape index (κ1) is 23.7. The van der Waals surface area contributed by atoms with E-state index in [0.29, 0.717) is 5.91 Å². The van der Waals surface area contributed by atoms with Crippen LogP contribution < -0.4 is 4.90 Å². The lowest BCUT2D eigenvalue weighted by Gasteiger charge is -2.37. The summed E-state index contributed by atoms with van der Waals surface area (Å²) in [4.78, 5) is 37.2. The summed E-state index contributed by atoms with van der Waals surface area (Å²) >= 11 is 0. The second-order valence-electron chi connectivity index (χ2n) is 10.9. The van der Waals surface area contributed by atoms with Crippen molar-refractivity contribution in [2.75, 3.05) is 44.2 Å². The van der Waals surface area contributed by atoms with E-state index in [0.717, 1.165) is 81.0 Å². The number of amides is 2. The molecule has 1 atom stereocenters. The van der Waals surface area contributed by atoms with Gasteiger partial charge in [0.2, 0.25) is 5.91 Å². The Morgan fingerprint density at radius 1 is 0.784 bits per heavy atom. The van der Waals surface area contributed by atoms with Gasteiger partial charge in [-0.15, -0.1) is 0 Å². The molecule has 6 heteroatoms. The van der Waals surface area contributed by atoms with Gasteiger partial charge in [-0.25, -0.2) is 4.98 Å². The number of piperidine rings is 1. The number of pyridine rings is 1. The van der Waals surface area contributed by atoms with Crippen LogP contribution in [0.3, 0.4) is 0 Å². The van der Waals surface area contributed by atoms with E-state index in [1.165, 1.54) is 5.56 Å². The third-order valence-electron chi connectivity index (χ3n) is 8.62. The van der Waals surface area contributed by atoms with E-state index in [9.17, 15) is 9.59 Å². The minimum atomic E-state index is 0.0967. The van der Waals surface area contributed by atoms with Gasteiger partial charge < -0.3 is 14.7 Å². The molecule has 3 heterocycles. The fourth-order valence-electron chi connectivity index (χ4n) is 6.06. The molecule has 1 spiro atoms. The van der Waals surface area contributed by atoms with E-state index >= 15 is 0 Å². The highest BCUT2D eigenvalue weighted by molar-refractivity contribution is 5.95. The lowest BCUT2D eigenvalue weighted by Crippen LogP contribution is -2.50. The molecular weight excluding hydrogens is 460 g/mol. The highest BCUT2D eigenvalue weighted by Crippen LogP contribution is 2.60. The zero-order chi connectivity index (χ0) is 25.4. The van der Waals surface area contributed by atoms with Gasteiger partial charge >= 0.3 is 0 Å². The highest BCUT2D eigenvalue weighted by Gasteiger charge is 2.59. The predicted octanol–water partition coefficient (Wildman–Crippen LogP) is 4.65. The molecule has 0 radical (unpaired) electrons. The van der Waals surface area contributed by atoms with Gasteiger partial charge in [-0.2, -0.15) is 0 Å². The molecule has 3 aromatic rings. The van der Waals surface area contributed by atoms with Crippen molar-refractivity contribution in [2.45, 2.75) is 26.2 Å². The van der Waals surface area contributed by atoms with Crippen molar-refractivity contribution in [3.05, 3.63) is 84.1 Å². The Labute approximate surface area is 218 Å². The van der Waals surface area contributed by atoms with E-state index in [1.54, 1.807) is 0 Å². The molecular formula is C31H34N4O2. The fraction of sp³-hybridized carbons (Fsp3) is 0.387. The summed E-state index contributed by atoms with van der Waals surface area (Å²) in [6, 6.07) is 22.4. The third kappa shape index (κ3) is 4.73. The molecule has 1 aromatic heterocycles. The average Bonchev–Trinajstić information content (AvgIpc) is 3.66. The molecule has 0 N–H and O–H groups in total. The van der Waals surface area contributed by atoms with Gasteiger partial charge in [0, 0.05) is 56.9 Å². The van der Waals surface area contributed by atoms with Gasteiger partial charge in [0.05, 0.1) is 0 Å². The van der Waals surface area contributed by atoms with Gasteiger partial charge in [0.1, 0.15) is 5.82 Å². The Morgan fingerprint density at radius 2 is 1.43 bits per heavy atom. The van der Waals surface area contributed by atoms with E-state index in [-0.39, 0.29) is 17.2 Å². The number of anilines is 1. The minimum absolute atomic E-state index is 0.0967. The molecule has 0 unspecified atom stereocenters. The smallest absolute Gasteiger partial charge is 0.253 e. The second-order valence-corrected chi connectivity index (χ2v) is 10.9. The molecule has 3 fully saturated rings. The zero-order valence-electron chi connectivity index (χ0n) is 21.5. The highest BCUT2D eigenvalue weighted by atomic mass is 16.2. The van der Waals surface area contributed by atoms with Crippen LogP contribution in [0.4, 0.5) is 5.82 Å². The van der Waals surface area contributed by atoms with E-state index in [4.69, 9.17) is 0 Å². The predicted molar refractivity (Wildman–Crippen MR) is 145 cm³/mol. The van der Waals surface area contributed by atoms with Crippen molar-refractivity contribution in [2.24, 2.45) is 11.3 Å². The van der Waals surface area contributed by atoms with Crippen LogP contribution in [0.1, 0.15) is 35.2 Å². The average molecular weight is 495 g/mol. The molecule has 6 rings (SSSR count). The van der Waals surface area contributed by atoms with Crippen molar-refractivity contribution in [3.8, 4) is 11.1 Å². The first-order chi connectivity index (χ1) is 18.0.